The van der Waals surface area contributed by atoms with Gasteiger partial charge in [-0.25, -0.2) is 9.78 Å². The predicted octanol–water partition coefficient (Wildman–Crippen LogP) is 5.93. The van der Waals surface area contributed by atoms with Crippen molar-refractivity contribution in [2.24, 2.45) is 0 Å². The highest BCUT2D eigenvalue weighted by Crippen LogP contribution is 2.23. The number of unbranched alkanes of at least 4 members (excludes halogenated alkanes) is 2. The van der Waals surface area contributed by atoms with Crippen LogP contribution in [0.25, 0.3) is 11.1 Å². The zero-order valence-electron chi connectivity index (χ0n) is 26.5. The Hall–Kier alpha value is -5.78. The molecule has 0 saturated carbocycles. The van der Waals surface area contributed by atoms with Crippen LogP contribution in [0.4, 0.5) is 27.7 Å². The van der Waals surface area contributed by atoms with E-state index in [2.05, 4.69) is 31.2 Å². The number of anilines is 4. The Bertz CT molecular complexity index is 1670. The first-order valence-electron chi connectivity index (χ1n) is 15.3. The van der Waals surface area contributed by atoms with Crippen molar-refractivity contribution in [1.82, 2.24) is 20.2 Å². The second-order valence-electron chi connectivity index (χ2n) is 11.1. The number of hydrogen-bond donors (Lipinski definition) is 5. The van der Waals surface area contributed by atoms with Gasteiger partial charge in [-0.1, -0.05) is 30.7 Å². The number of nitrogens with zero attached hydrogens (tertiary/aromatic N) is 3. The summed E-state index contributed by atoms with van der Waals surface area (Å²) in [7, 11) is 3.44. The van der Waals surface area contributed by atoms with Crippen molar-refractivity contribution in [2.75, 3.05) is 36.6 Å². The summed E-state index contributed by atoms with van der Waals surface area (Å²) >= 11 is 0. The first-order chi connectivity index (χ1) is 22.7. The van der Waals surface area contributed by atoms with Gasteiger partial charge in [0, 0.05) is 56.5 Å². The highest BCUT2D eigenvalue weighted by atomic mass is 16.4. The Labute approximate surface area is 273 Å². The number of carbonyl (C=O) groups is 4. The van der Waals surface area contributed by atoms with Crippen molar-refractivity contribution < 1.29 is 24.3 Å². The summed E-state index contributed by atoms with van der Waals surface area (Å²) in [5.74, 6) is 0.279. The van der Waals surface area contributed by atoms with E-state index in [1.54, 1.807) is 57.0 Å². The average Bonchev–Trinajstić information content (AvgIpc) is 3.05. The molecule has 0 aliphatic carbocycles. The maximum atomic E-state index is 12.7. The van der Waals surface area contributed by atoms with Crippen molar-refractivity contribution in [2.45, 2.75) is 38.5 Å². The molecule has 47 heavy (non-hydrogen) atoms. The highest BCUT2D eigenvalue weighted by molar-refractivity contribution is 5.94. The maximum Gasteiger partial charge on any atom is 0.404 e. The molecule has 0 unspecified atom stereocenters. The number of amides is 4. The Morgan fingerprint density at radius 1 is 0.745 bits per heavy atom. The topological polar surface area (TPSA) is 166 Å². The van der Waals surface area contributed by atoms with Crippen molar-refractivity contribution in [1.29, 1.82) is 0 Å². The quantitative estimate of drug-likeness (QED) is 0.100. The number of nitrogens with one attached hydrogen (secondary N) is 4. The molecule has 12 nitrogen and oxygen atoms in total. The van der Waals surface area contributed by atoms with Crippen molar-refractivity contribution in [3.05, 3.63) is 96.4 Å². The van der Waals surface area contributed by atoms with Gasteiger partial charge in [-0.2, -0.15) is 0 Å². The molecule has 0 bridgehead atoms. The van der Waals surface area contributed by atoms with Gasteiger partial charge < -0.3 is 31.3 Å². The zero-order valence-corrected chi connectivity index (χ0v) is 26.5. The molecule has 0 fully saturated rings. The summed E-state index contributed by atoms with van der Waals surface area (Å²) < 4.78 is 0. The number of aryl methyl sites for hydroxylation is 1. The minimum absolute atomic E-state index is 0.0517. The van der Waals surface area contributed by atoms with E-state index in [-0.39, 0.29) is 24.1 Å². The molecular weight excluding hydrogens is 598 g/mol. The number of rotatable bonds is 15. The molecule has 12 heteroatoms. The van der Waals surface area contributed by atoms with Gasteiger partial charge in [-0.3, -0.25) is 19.4 Å². The molecule has 2 aromatic heterocycles. The minimum Gasteiger partial charge on any atom is -0.465 e. The number of aromatic nitrogens is 2. The molecule has 5 N–H and O–H groups in total. The van der Waals surface area contributed by atoms with Crippen molar-refractivity contribution in [3.63, 3.8) is 0 Å². The van der Waals surface area contributed by atoms with E-state index < -0.39 is 6.09 Å². The summed E-state index contributed by atoms with van der Waals surface area (Å²) in [6.07, 6.45) is 7.09. The van der Waals surface area contributed by atoms with Crippen LogP contribution in [-0.2, 0) is 16.0 Å². The Balaban J connectivity index is 1.22. The molecule has 4 rings (SSSR count). The SMILES string of the molecule is CN(C)C(=O)c1ccc(-c2ccc(Nc3cncc(NC(=O)CCc4cccc(NC(=O)CCCCCNC(=O)O)c4)c3)nc2)cc1. The van der Waals surface area contributed by atoms with E-state index >= 15 is 0 Å². The van der Waals surface area contributed by atoms with Crippen LogP contribution in [0, 0.1) is 0 Å². The van der Waals surface area contributed by atoms with E-state index in [0.717, 1.165) is 23.1 Å². The van der Waals surface area contributed by atoms with Gasteiger partial charge in [0.15, 0.2) is 0 Å². The van der Waals surface area contributed by atoms with E-state index in [4.69, 9.17) is 5.11 Å². The molecule has 244 valence electrons. The average molecular weight is 638 g/mol. The van der Waals surface area contributed by atoms with Crippen LogP contribution in [0.5, 0.6) is 0 Å². The third-order valence-electron chi connectivity index (χ3n) is 7.14. The molecule has 0 saturated heterocycles. The van der Waals surface area contributed by atoms with E-state index in [9.17, 15) is 19.2 Å². The van der Waals surface area contributed by atoms with Crippen LogP contribution in [0.2, 0.25) is 0 Å². The van der Waals surface area contributed by atoms with Gasteiger partial charge in [0.05, 0.1) is 23.8 Å². The van der Waals surface area contributed by atoms with E-state index in [1.807, 2.05) is 42.5 Å². The first-order valence-corrected chi connectivity index (χ1v) is 15.3. The normalized spacial score (nSPS) is 10.5. The second-order valence-corrected chi connectivity index (χ2v) is 11.1. The van der Waals surface area contributed by atoms with Crippen LogP contribution in [0.1, 0.15) is 48.0 Å². The standard InChI is InChI=1S/C35H39N7O5/c1-42(2)34(45)26-13-11-25(12-14-26)27-15-16-31(38-21-27)39-29-20-30(23-36-22-29)41-33(44)17-10-24-7-6-8-28(19-24)40-32(43)9-4-3-5-18-37-35(46)47/h6-8,11-16,19-23,37H,3-5,9-10,17-18H2,1-2H3,(H,38,39)(H,40,43)(H,41,44)(H,46,47). The van der Waals surface area contributed by atoms with Crippen LogP contribution in [0.15, 0.2) is 85.3 Å². The summed E-state index contributed by atoms with van der Waals surface area (Å²) in [6.45, 7) is 0.373. The largest absolute Gasteiger partial charge is 0.465 e. The lowest BCUT2D eigenvalue weighted by Gasteiger charge is -2.11. The van der Waals surface area contributed by atoms with Crippen LogP contribution < -0.4 is 21.3 Å². The highest BCUT2D eigenvalue weighted by Gasteiger charge is 2.10. The van der Waals surface area contributed by atoms with Gasteiger partial charge in [0.2, 0.25) is 11.8 Å². The van der Waals surface area contributed by atoms with Crippen LogP contribution >= 0.6 is 0 Å². The van der Waals surface area contributed by atoms with Crippen molar-refractivity contribution >= 4 is 46.7 Å². The molecule has 2 heterocycles. The van der Waals surface area contributed by atoms with Crippen LogP contribution in [-0.4, -0.2) is 64.4 Å². The fourth-order valence-electron chi connectivity index (χ4n) is 4.72. The van der Waals surface area contributed by atoms with E-state index in [0.29, 0.717) is 60.7 Å². The summed E-state index contributed by atoms with van der Waals surface area (Å²) in [6, 6.07) is 20.3. The van der Waals surface area contributed by atoms with E-state index in [1.165, 1.54) is 4.90 Å². The fraction of sp³-hybridized carbons (Fsp3) is 0.257. The molecule has 0 atom stereocenters. The molecule has 0 aliphatic rings. The molecular formula is C35H39N7O5. The number of hydrogen-bond acceptors (Lipinski definition) is 7. The third kappa shape index (κ3) is 11.3. The number of carbonyl (C=O) groups excluding carboxylic acids is 3. The Morgan fingerprint density at radius 3 is 2.19 bits per heavy atom. The number of pyridine rings is 2. The maximum absolute atomic E-state index is 12.7. The Morgan fingerprint density at radius 2 is 1.47 bits per heavy atom. The number of benzene rings is 2. The van der Waals surface area contributed by atoms with Gasteiger partial charge in [-0.05, 0) is 72.9 Å². The van der Waals surface area contributed by atoms with Gasteiger partial charge in [0.1, 0.15) is 5.82 Å². The summed E-state index contributed by atoms with van der Waals surface area (Å²) in [5, 5.41) is 19.9. The predicted molar refractivity (Wildman–Crippen MR) is 182 cm³/mol. The summed E-state index contributed by atoms with van der Waals surface area (Å²) in [4.78, 5) is 57.9. The number of carboxylic acid groups (broad SMARTS) is 1. The second kappa shape index (κ2) is 17.1. The molecule has 0 aliphatic heterocycles. The third-order valence-corrected chi connectivity index (χ3v) is 7.14. The molecule has 4 amide bonds. The van der Waals surface area contributed by atoms with Crippen LogP contribution in [0.3, 0.4) is 0 Å². The molecule has 0 radical (unpaired) electrons. The molecule has 4 aromatic rings. The molecule has 0 spiro atoms. The minimum atomic E-state index is -1.05. The zero-order chi connectivity index (χ0) is 33.6. The Kier molecular flexibility index (Phi) is 12.4. The van der Waals surface area contributed by atoms with Gasteiger partial charge >= 0.3 is 6.09 Å². The summed E-state index contributed by atoms with van der Waals surface area (Å²) in [5.41, 5.74) is 5.26. The lowest BCUT2D eigenvalue weighted by atomic mass is 10.1. The van der Waals surface area contributed by atoms with Gasteiger partial charge in [-0.15, -0.1) is 0 Å². The molecule has 2 aromatic carbocycles. The lowest BCUT2D eigenvalue weighted by Crippen LogP contribution is -2.21. The first kappa shape index (κ1) is 34.1. The monoisotopic (exact) mass is 637 g/mol. The van der Waals surface area contributed by atoms with Crippen molar-refractivity contribution in [3.8, 4) is 11.1 Å². The van der Waals surface area contributed by atoms with Gasteiger partial charge in [0.25, 0.3) is 5.91 Å². The lowest BCUT2D eigenvalue weighted by molar-refractivity contribution is -0.117. The smallest absolute Gasteiger partial charge is 0.404 e. The fourth-order valence-corrected chi connectivity index (χ4v) is 4.72.